The average molecular weight is 1060 g/mol. The summed E-state index contributed by atoms with van der Waals surface area (Å²) in [5.74, 6) is -0.265. The molecule has 19 heteroatoms. The maximum atomic E-state index is 13.9. The molecule has 17 nitrogen and oxygen atoms in total. The summed E-state index contributed by atoms with van der Waals surface area (Å²) in [7, 11) is 0. The van der Waals surface area contributed by atoms with Gasteiger partial charge in [0.15, 0.2) is 5.78 Å². The van der Waals surface area contributed by atoms with E-state index in [1.165, 1.54) is 16.2 Å². The van der Waals surface area contributed by atoms with Gasteiger partial charge in [-0.15, -0.1) is 11.3 Å². The Balaban J connectivity index is 0.639. The summed E-state index contributed by atoms with van der Waals surface area (Å²) in [6.07, 6.45) is 1.04. The van der Waals surface area contributed by atoms with Crippen LogP contribution in [-0.4, -0.2) is 135 Å². The molecule has 5 aromatic carbocycles. The van der Waals surface area contributed by atoms with Crippen LogP contribution in [0.1, 0.15) is 62.7 Å². The maximum Gasteiger partial charge on any atom is 0.319 e. The second kappa shape index (κ2) is 26.5. The number of thiophene rings is 1. The number of benzene rings is 5. The first-order chi connectivity index (χ1) is 36.4. The molecule has 6 aromatic rings. The van der Waals surface area contributed by atoms with Gasteiger partial charge in [-0.05, 0) is 133 Å². The lowest BCUT2D eigenvalue weighted by atomic mass is 9.97. The first kappa shape index (κ1) is 54.4. The number of imide groups is 1. The van der Waals surface area contributed by atoms with Crippen molar-refractivity contribution in [2.24, 2.45) is 0 Å². The number of anilines is 1. The molecule has 1 saturated heterocycles. The van der Waals surface area contributed by atoms with E-state index in [1.807, 2.05) is 18.2 Å². The van der Waals surface area contributed by atoms with Gasteiger partial charge in [0, 0.05) is 75.0 Å². The number of urea groups is 1. The number of hydrogen-bond donors (Lipinski definition) is 5. The van der Waals surface area contributed by atoms with Crippen LogP contribution in [0, 0.1) is 0 Å². The van der Waals surface area contributed by atoms with Crippen LogP contribution in [-0.2, 0) is 48.0 Å². The second-order valence-electron chi connectivity index (χ2n) is 17.9. The molecule has 2 aliphatic heterocycles. The van der Waals surface area contributed by atoms with Crippen molar-refractivity contribution in [1.82, 2.24) is 20.4 Å². The molecule has 2 aliphatic rings. The number of phenols is 2. The molecule has 8 rings (SSSR count). The lowest BCUT2D eigenvalue weighted by Crippen LogP contribution is -2.52. The number of fused-ring (bicyclic) bond motifs is 2. The summed E-state index contributed by atoms with van der Waals surface area (Å²) in [6, 6.07) is 28.4. The Morgan fingerprint density at radius 3 is 2.19 bits per heavy atom. The maximum absolute atomic E-state index is 13.9. The molecule has 5 N–H and O–H groups in total. The quantitative estimate of drug-likeness (QED) is 0.0188. The third-order valence-electron chi connectivity index (χ3n) is 12.7. The lowest BCUT2D eigenvalue weighted by molar-refractivity contribution is -0.136. The standard InChI is InChI=1S/C56H60ClN5O12S/c1-2-61(19-22-74-45-11-6-38(7-12-45)52(66)51-47-14-10-44(64)33-49(47)75-53(51)39-4-8-43(63)9-5-39)18-21-71-24-26-73-28-27-72-25-23-70-20-17-36-30-41(57)32-42(31-36)59-56(69)58-34-37-3-13-46-40(29-37)35-62(55(46)68)48-15-16-50(65)60-54(48)67/h3-14,29-33,48,63-64H,2,15-28,34-35H2,1H3,(H2,58,59,69)(H,60,65,67). The minimum Gasteiger partial charge on any atom is -0.508 e. The number of rotatable bonds is 27. The Bertz CT molecular complexity index is 2970. The van der Waals surface area contributed by atoms with E-state index in [0.717, 1.165) is 50.3 Å². The number of ether oxygens (including phenoxy) is 5. The van der Waals surface area contributed by atoms with Crippen LogP contribution in [0.3, 0.4) is 0 Å². The Labute approximate surface area is 443 Å². The van der Waals surface area contributed by atoms with Crippen LogP contribution in [0.4, 0.5) is 10.5 Å². The second-order valence-corrected chi connectivity index (χ2v) is 19.4. The summed E-state index contributed by atoms with van der Waals surface area (Å²) < 4.78 is 29.7. The van der Waals surface area contributed by atoms with Gasteiger partial charge in [0.2, 0.25) is 11.8 Å². The number of likely N-dealkylation sites (N-methyl/N-ethyl adjacent to an activating group) is 1. The fourth-order valence-electron chi connectivity index (χ4n) is 8.80. The smallest absolute Gasteiger partial charge is 0.319 e. The Morgan fingerprint density at radius 2 is 1.47 bits per heavy atom. The third-order valence-corrected chi connectivity index (χ3v) is 14.1. The lowest BCUT2D eigenvalue weighted by Gasteiger charge is -2.29. The van der Waals surface area contributed by atoms with Crippen LogP contribution in [0.5, 0.6) is 17.2 Å². The summed E-state index contributed by atoms with van der Waals surface area (Å²) in [6.45, 7) is 8.83. The van der Waals surface area contributed by atoms with Gasteiger partial charge in [0.1, 0.15) is 29.9 Å². The van der Waals surface area contributed by atoms with Gasteiger partial charge < -0.3 is 49.4 Å². The Kier molecular flexibility index (Phi) is 19.2. The number of carbonyl (C=O) groups is 5. The molecule has 1 atom stereocenters. The normalized spacial score (nSPS) is 14.4. The van der Waals surface area contributed by atoms with Gasteiger partial charge >= 0.3 is 6.03 Å². The summed E-state index contributed by atoms with van der Waals surface area (Å²) in [5, 5.41) is 29.1. The SMILES string of the molecule is CCN(CCOCCOCCOCCOCCc1cc(Cl)cc(NC(=O)NCc2ccc3c(c2)CN(C2CCC(=O)NC2=O)C3=O)c1)CCOc1ccc(C(=O)c2c(-c3ccc(O)cc3)sc3cc(O)ccc23)cc1. The largest absolute Gasteiger partial charge is 0.508 e. The van der Waals surface area contributed by atoms with E-state index in [9.17, 15) is 34.2 Å². The summed E-state index contributed by atoms with van der Waals surface area (Å²) in [4.78, 5) is 68.2. The fourth-order valence-corrected chi connectivity index (χ4v) is 10.3. The monoisotopic (exact) mass is 1060 g/mol. The van der Waals surface area contributed by atoms with Gasteiger partial charge in [-0.1, -0.05) is 30.7 Å². The zero-order chi connectivity index (χ0) is 52.7. The summed E-state index contributed by atoms with van der Waals surface area (Å²) in [5.41, 5.74) is 5.34. The molecule has 0 bridgehead atoms. The van der Waals surface area contributed by atoms with Crippen LogP contribution < -0.4 is 20.7 Å². The van der Waals surface area contributed by atoms with Crippen LogP contribution in [0.2, 0.25) is 5.02 Å². The van der Waals surface area contributed by atoms with E-state index in [-0.39, 0.29) is 55.0 Å². The number of phenolic OH excluding ortho intramolecular Hbond substituents is 2. The van der Waals surface area contributed by atoms with Gasteiger partial charge in [-0.25, -0.2) is 4.79 Å². The molecule has 0 aliphatic carbocycles. The van der Waals surface area contributed by atoms with E-state index in [2.05, 4.69) is 27.8 Å². The molecule has 1 unspecified atom stereocenters. The minimum absolute atomic E-state index is 0.127. The molecule has 0 radical (unpaired) electrons. The van der Waals surface area contributed by atoms with Gasteiger partial charge in [-0.2, -0.15) is 0 Å². The molecule has 75 heavy (non-hydrogen) atoms. The first-order valence-corrected chi connectivity index (χ1v) is 26.1. The zero-order valence-electron chi connectivity index (χ0n) is 41.6. The number of aromatic hydroxyl groups is 2. The zero-order valence-corrected chi connectivity index (χ0v) is 43.1. The molecule has 1 aromatic heterocycles. The highest BCUT2D eigenvalue weighted by atomic mass is 35.5. The Morgan fingerprint density at radius 1 is 0.773 bits per heavy atom. The molecule has 1 fully saturated rings. The van der Waals surface area contributed by atoms with Crippen molar-refractivity contribution in [3.63, 3.8) is 0 Å². The number of hydrogen-bond acceptors (Lipinski definition) is 14. The van der Waals surface area contributed by atoms with E-state index in [1.54, 1.807) is 84.9 Å². The molecule has 394 valence electrons. The van der Waals surface area contributed by atoms with E-state index in [4.69, 9.17) is 35.3 Å². The van der Waals surface area contributed by atoms with Crippen molar-refractivity contribution >= 4 is 68.2 Å². The molecular weight excluding hydrogens is 1000 g/mol. The van der Waals surface area contributed by atoms with Crippen molar-refractivity contribution in [3.8, 4) is 27.7 Å². The number of nitrogens with one attached hydrogen (secondary N) is 3. The number of carbonyl (C=O) groups excluding carboxylic acids is 5. The van der Waals surface area contributed by atoms with E-state index < -0.39 is 18.0 Å². The van der Waals surface area contributed by atoms with Gasteiger partial charge in [0.05, 0.1) is 52.9 Å². The number of ketones is 1. The van der Waals surface area contributed by atoms with Crippen LogP contribution >= 0.6 is 22.9 Å². The highest BCUT2D eigenvalue weighted by Gasteiger charge is 2.39. The minimum atomic E-state index is -0.692. The van der Waals surface area contributed by atoms with Crippen molar-refractivity contribution in [2.45, 2.75) is 45.3 Å². The number of halogens is 1. The van der Waals surface area contributed by atoms with Crippen LogP contribution in [0.15, 0.2) is 103 Å². The van der Waals surface area contributed by atoms with Gasteiger partial charge in [-0.3, -0.25) is 29.4 Å². The van der Waals surface area contributed by atoms with E-state index in [0.29, 0.717) is 106 Å². The number of piperidine rings is 1. The highest BCUT2D eigenvalue weighted by Crippen LogP contribution is 2.41. The molecule has 0 saturated carbocycles. The van der Waals surface area contributed by atoms with Crippen LogP contribution in [0.25, 0.3) is 20.5 Å². The van der Waals surface area contributed by atoms with Crippen molar-refractivity contribution in [3.05, 3.63) is 142 Å². The predicted octanol–water partition coefficient (Wildman–Crippen LogP) is 7.96. The first-order valence-electron chi connectivity index (χ1n) is 24.9. The topological polar surface area (TPSA) is 215 Å². The number of amides is 5. The van der Waals surface area contributed by atoms with Gasteiger partial charge in [0.25, 0.3) is 5.91 Å². The van der Waals surface area contributed by atoms with Crippen molar-refractivity contribution < 1.29 is 57.9 Å². The fraction of sp³-hybridized carbons (Fsp3) is 0.339. The number of nitrogens with zero attached hydrogens (tertiary/aromatic N) is 2. The van der Waals surface area contributed by atoms with E-state index >= 15 is 0 Å². The summed E-state index contributed by atoms with van der Waals surface area (Å²) >= 11 is 7.79. The van der Waals surface area contributed by atoms with Crippen molar-refractivity contribution in [1.29, 1.82) is 0 Å². The Hall–Kier alpha value is -6.90. The molecular formula is C56H60ClN5O12S. The van der Waals surface area contributed by atoms with Crippen molar-refractivity contribution in [2.75, 3.05) is 84.4 Å². The third kappa shape index (κ3) is 14.9. The predicted molar refractivity (Wildman–Crippen MR) is 285 cm³/mol. The highest BCUT2D eigenvalue weighted by molar-refractivity contribution is 7.22. The molecule has 3 heterocycles. The molecule has 5 amide bonds. The average Bonchev–Trinajstić information content (AvgIpc) is 3.94. The molecule has 0 spiro atoms.